The average molecular weight is 440 g/mol. The predicted molar refractivity (Wildman–Crippen MR) is 123 cm³/mol. The lowest BCUT2D eigenvalue weighted by Crippen LogP contribution is -2.26. The fraction of sp³-hybridized carbons (Fsp3) is 0.304. The van der Waals surface area contributed by atoms with E-state index in [1.165, 1.54) is 11.8 Å². The maximum Gasteiger partial charge on any atom is 0.340 e. The van der Waals surface area contributed by atoms with E-state index in [4.69, 9.17) is 4.74 Å². The second-order valence-electron chi connectivity index (χ2n) is 7.32. The highest BCUT2D eigenvalue weighted by molar-refractivity contribution is 7.99. The molecule has 0 aliphatic rings. The molecule has 2 aromatic carbocycles. The van der Waals surface area contributed by atoms with Crippen LogP contribution in [0.15, 0.2) is 58.5 Å². The zero-order valence-corrected chi connectivity index (χ0v) is 18.6. The van der Waals surface area contributed by atoms with Crippen LogP contribution in [0.25, 0.3) is 10.9 Å². The van der Waals surface area contributed by atoms with Gasteiger partial charge < -0.3 is 10.1 Å². The molecule has 31 heavy (non-hydrogen) atoms. The first-order chi connectivity index (χ1) is 14.9. The molecular formula is C23H25N3O4S. The van der Waals surface area contributed by atoms with Crippen molar-refractivity contribution in [3.63, 3.8) is 0 Å². The third-order valence-electron chi connectivity index (χ3n) is 4.40. The van der Waals surface area contributed by atoms with E-state index in [0.717, 1.165) is 0 Å². The minimum atomic E-state index is -0.493. The molecule has 0 fully saturated rings. The van der Waals surface area contributed by atoms with Gasteiger partial charge in [-0.1, -0.05) is 49.9 Å². The van der Waals surface area contributed by atoms with E-state index < -0.39 is 5.97 Å². The number of carbonyl (C=O) groups excluding carboxylic acids is 2. The molecule has 0 unspecified atom stereocenters. The molecule has 0 aliphatic carbocycles. The Labute approximate surface area is 184 Å². The Bertz CT molecular complexity index is 1160. The first-order valence-corrected chi connectivity index (χ1v) is 11.1. The standard InChI is InChI=1S/C23H25N3O4S/c1-4-30-22(29)17-10-6-8-12-19(17)24-20(27)14-31-23-25-18-11-7-5-9-16(18)21(28)26(23)13-15(2)3/h5-12,15H,4,13-14H2,1-3H3,(H,24,27). The number of nitrogens with zero attached hydrogens (tertiary/aromatic N) is 2. The molecule has 3 aromatic rings. The van der Waals surface area contributed by atoms with Crippen molar-refractivity contribution in [2.75, 3.05) is 17.7 Å². The molecule has 3 rings (SSSR count). The Balaban J connectivity index is 1.81. The van der Waals surface area contributed by atoms with E-state index >= 15 is 0 Å². The van der Waals surface area contributed by atoms with Crippen LogP contribution in [0, 0.1) is 5.92 Å². The van der Waals surface area contributed by atoms with E-state index in [-0.39, 0.29) is 29.7 Å². The SMILES string of the molecule is CCOC(=O)c1ccccc1NC(=O)CSc1nc2ccccc2c(=O)n1CC(C)C. The fourth-order valence-corrected chi connectivity index (χ4v) is 3.89. The molecule has 1 amide bonds. The maximum atomic E-state index is 13.0. The monoisotopic (exact) mass is 439 g/mol. The first-order valence-electron chi connectivity index (χ1n) is 10.1. The minimum absolute atomic E-state index is 0.0417. The van der Waals surface area contributed by atoms with Crippen LogP contribution in [-0.2, 0) is 16.1 Å². The van der Waals surface area contributed by atoms with Crippen molar-refractivity contribution in [2.24, 2.45) is 5.92 Å². The molecule has 0 saturated heterocycles. The van der Waals surface area contributed by atoms with E-state index in [0.29, 0.717) is 33.9 Å². The lowest BCUT2D eigenvalue weighted by atomic mass is 10.2. The zero-order valence-electron chi connectivity index (χ0n) is 17.8. The number of thioether (sulfide) groups is 1. The summed E-state index contributed by atoms with van der Waals surface area (Å²) in [6, 6.07) is 13.9. The van der Waals surface area contributed by atoms with Crippen LogP contribution in [0.2, 0.25) is 0 Å². The number of benzene rings is 2. The quantitative estimate of drug-likeness (QED) is 0.325. The van der Waals surface area contributed by atoms with E-state index in [2.05, 4.69) is 10.3 Å². The summed E-state index contributed by atoms with van der Waals surface area (Å²) in [6.45, 7) is 6.53. The second kappa shape index (κ2) is 10.3. The molecule has 1 aromatic heterocycles. The number of para-hydroxylation sites is 2. The summed E-state index contributed by atoms with van der Waals surface area (Å²) in [5, 5.41) is 3.80. The topological polar surface area (TPSA) is 90.3 Å². The van der Waals surface area contributed by atoms with Crippen molar-refractivity contribution in [1.29, 1.82) is 0 Å². The Hall–Kier alpha value is -3.13. The molecular weight excluding hydrogens is 414 g/mol. The maximum absolute atomic E-state index is 13.0. The number of ether oxygens (including phenoxy) is 1. The normalized spacial score (nSPS) is 11.0. The number of esters is 1. The van der Waals surface area contributed by atoms with Crippen LogP contribution >= 0.6 is 11.8 Å². The molecule has 1 heterocycles. The van der Waals surface area contributed by atoms with Crippen LogP contribution in [-0.4, -0.2) is 33.8 Å². The van der Waals surface area contributed by atoms with Crippen molar-refractivity contribution in [3.05, 3.63) is 64.4 Å². The van der Waals surface area contributed by atoms with Gasteiger partial charge in [0.2, 0.25) is 5.91 Å². The molecule has 0 spiro atoms. The lowest BCUT2D eigenvalue weighted by Gasteiger charge is -2.15. The van der Waals surface area contributed by atoms with Gasteiger partial charge in [0.25, 0.3) is 5.56 Å². The van der Waals surface area contributed by atoms with E-state index in [9.17, 15) is 14.4 Å². The molecule has 1 N–H and O–H groups in total. The largest absolute Gasteiger partial charge is 0.462 e. The Morgan fingerprint density at radius 2 is 1.84 bits per heavy atom. The molecule has 7 nitrogen and oxygen atoms in total. The molecule has 0 radical (unpaired) electrons. The zero-order chi connectivity index (χ0) is 22.4. The van der Waals surface area contributed by atoms with Gasteiger partial charge in [0.15, 0.2) is 5.16 Å². The molecule has 0 bridgehead atoms. The van der Waals surface area contributed by atoms with Gasteiger partial charge in [0.05, 0.1) is 34.5 Å². The van der Waals surface area contributed by atoms with E-state index in [1.54, 1.807) is 47.9 Å². The summed E-state index contributed by atoms with van der Waals surface area (Å²) in [5.74, 6) is -0.515. The van der Waals surface area contributed by atoms with Gasteiger partial charge in [-0.25, -0.2) is 9.78 Å². The van der Waals surface area contributed by atoms with Crippen molar-refractivity contribution >= 4 is 40.2 Å². The third-order valence-corrected chi connectivity index (χ3v) is 5.38. The Kier molecular flexibility index (Phi) is 7.46. The van der Waals surface area contributed by atoms with Crippen molar-refractivity contribution < 1.29 is 14.3 Å². The smallest absolute Gasteiger partial charge is 0.340 e. The third kappa shape index (κ3) is 5.52. The summed E-state index contributed by atoms with van der Waals surface area (Å²) in [4.78, 5) is 42.3. The number of hydrogen-bond acceptors (Lipinski definition) is 6. The molecule has 0 aliphatic heterocycles. The van der Waals surface area contributed by atoms with Gasteiger partial charge in [0, 0.05) is 6.54 Å². The highest BCUT2D eigenvalue weighted by Crippen LogP contribution is 2.21. The number of amides is 1. The molecule has 162 valence electrons. The van der Waals surface area contributed by atoms with Crippen LogP contribution in [0.3, 0.4) is 0 Å². The Morgan fingerprint density at radius 3 is 2.58 bits per heavy atom. The number of nitrogens with one attached hydrogen (secondary N) is 1. The van der Waals surface area contributed by atoms with Crippen LogP contribution < -0.4 is 10.9 Å². The van der Waals surface area contributed by atoms with E-state index in [1.807, 2.05) is 26.0 Å². The summed E-state index contributed by atoms with van der Waals surface area (Å²) >= 11 is 1.19. The van der Waals surface area contributed by atoms with Gasteiger partial charge in [-0.2, -0.15) is 0 Å². The number of carbonyl (C=O) groups is 2. The van der Waals surface area contributed by atoms with Gasteiger partial charge in [-0.3, -0.25) is 14.2 Å². The summed E-state index contributed by atoms with van der Waals surface area (Å²) in [7, 11) is 0. The number of aromatic nitrogens is 2. The van der Waals surface area contributed by atoms with Crippen molar-refractivity contribution in [2.45, 2.75) is 32.5 Å². The first kappa shape index (κ1) is 22.6. The van der Waals surface area contributed by atoms with Crippen molar-refractivity contribution in [1.82, 2.24) is 9.55 Å². The molecule has 0 saturated carbocycles. The lowest BCUT2D eigenvalue weighted by molar-refractivity contribution is -0.113. The highest BCUT2D eigenvalue weighted by atomic mass is 32.2. The van der Waals surface area contributed by atoms with Gasteiger partial charge in [-0.05, 0) is 37.1 Å². The Morgan fingerprint density at radius 1 is 1.13 bits per heavy atom. The average Bonchev–Trinajstić information content (AvgIpc) is 2.75. The summed E-state index contributed by atoms with van der Waals surface area (Å²) in [5.41, 5.74) is 1.17. The van der Waals surface area contributed by atoms with Crippen LogP contribution in [0.5, 0.6) is 0 Å². The van der Waals surface area contributed by atoms with Crippen molar-refractivity contribution in [3.8, 4) is 0 Å². The number of hydrogen-bond donors (Lipinski definition) is 1. The molecule has 8 heteroatoms. The van der Waals surface area contributed by atoms with Gasteiger partial charge in [0.1, 0.15) is 0 Å². The summed E-state index contributed by atoms with van der Waals surface area (Å²) in [6.07, 6.45) is 0. The summed E-state index contributed by atoms with van der Waals surface area (Å²) < 4.78 is 6.67. The molecule has 0 atom stereocenters. The van der Waals surface area contributed by atoms with Gasteiger partial charge in [-0.15, -0.1) is 0 Å². The minimum Gasteiger partial charge on any atom is -0.462 e. The number of rotatable bonds is 8. The van der Waals surface area contributed by atoms with Crippen LogP contribution in [0.1, 0.15) is 31.1 Å². The predicted octanol–water partition coefficient (Wildman–Crippen LogP) is 3.96. The fourth-order valence-electron chi connectivity index (χ4n) is 3.08. The highest BCUT2D eigenvalue weighted by Gasteiger charge is 2.16. The number of anilines is 1. The number of fused-ring (bicyclic) bond motifs is 1. The van der Waals surface area contributed by atoms with Crippen LogP contribution in [0.4, 0.5) is 5.69 Å². The van der Waals surface area contributed by atoms with Gasteiger partial charge >= 0.3 is 5.97 Å². The second-order valence-corrected chi connectivity index (χ2v) is 8.27.